The maximum atomic E-state index is 12.7. The normalized spacial score (nSPS) is 16.7. The van der Waals surface area contributed by atoms with Crippen LogP contribution >= 0.6 is 0 Å². The number of nitrogens with one attached hydrogen (secondary N) is 2. The predicted molar refractivity (Wildman–Crippen MR) is 108 cm³/mol. The van der Waals surface area contributed by atoms with Crippen molar-refractivity contribution >= 4 is 22.7 Å². The zero-order valence-electron chi connectivity index (χ0n) is 16.2. The molecule has 1 aliphatic rings. The van der Waals surface area contributed by atoms with Crippen LogP contribution in [0.2, 0.25) is 0 Å². The molecule has 0 aliphatic carbocycles. The molecule has 0 aromatic heterocycles. The van der Waals surface area contributed by atoms with E-state index in [0.717, 1.165) is 35.6 Å². The lowest BCUT2D eigenvalue weighted by Gasteiger charge is -2.24. The number of hydrogen-bond donors (Lipinski definition) is 2. The van der Waals surface area contributed by atoms with Gasteiger partial charge in [-0.1, -0.05) is 56.3 Å². The maximum Gasteiger partial charge on any atom is 0.318 e. The van der Waals surface area contributed by atoms with Crippen molar-refractivity contribution in [3.63, 3.8) is 0 Å². The lowest BCUT2D eigenvalue weighted by atomic mass is 10.0. The fourth-order valence-electron chi connectivity index (χ4n) is 3.60. The van der Waals surface area contributed by atoms with Crippen LogP contribution in [0.1, 0.15) is 38.7 Å². The van der Waals surface area contributed by atoms with Crippen molar-refractivity contribution in [3.05, 3.63) is 48.0 Å². The summed E-state index contributed by atoms with van der Waals surface area (Å²) in [6.45, 7) is 6.02. The van der Waals surface area contributed by atoms with Gasteiger partial charge in [0.1, 0.15) is 6.04 Å². The summed E-state index contributed by atoms with van der Waals surface area (Å²) >= 11 is 0. The smallest absolute Gasteiger partial charge is 0.318 e. The molecule has 0 saturated carbocycles. The summed E-state index contributed by atoms with van der Waals surface area (Å²) in [6, 6.07) is 13.7. The molecule has 144 valence electrons. The Labute approximate surface area is 161 Å². The minimum atomic E-state index is -0.357. The monoisotopic (exact) mass is 367 g/mol. The topological polar surface area (TPSA) is 61.4 Å². The second-order valence-corrected chi connectivity index (χ2v) is 7.62. The molecule has 2 aromatic rings. The first-order chi connectivity index (χ1) is 13.1. The highest BCUT2D eigenvalue weighted by atomic mass is 16.2. The van der Waals surface area contributed by atoms with Gasteiger partial charge in [0.15, 0.2) is 0 Å². The first-order valence-corrected chi connectivity index (χ1v) is 9.85. The molecule has 0 spiro atoms. The average Bonchev–Trinajstić information content (AvgIpc) is 3.15. The standard InChI is InChI=1S/C22H29N3O2/c1-16(2)12-13-23-21(26)20-11-6-14-25(20)22(27)24-15-18-9-5-8-17-7-3-4-10-19(17)18/h3-5,7-10,16,20H,6,11-15H2,1-2H3,(H,23,26)(H,24,27)/t20-/m0/s1. The van der Waals surface area contributed by atoms with E-state index in [1.54, 1.807) is 4.90 Å². The Kier molecular flexibility index (Phi) is 6.32. The molecule has 0 unspecified atom stereocenters. The summed E-state index contributed by atoms with van der Waals surface area (Å²) in [5.41, 5.74) is 1.08. The molecule has 3 amide bonds. The first-order valence-electron chi connectivity index (χ1n) is 9.85. The Balaban J connectivity index is 1.59. The summed E-state index contributed by atoms with van der Waals surface area (Å²) in [5.74, 6) is 0.516. The molecular formula is C22H29N3O2. The van der Waals surface area contributed by atoms with E-state index in [1.807, 2.05) is 24.3 Å². The van der Waals surface area contributed by atoms with Gasteiger partial charge >= 0.3 is 6.03 Å². The van der Waals surface area contributed by atoms with E-state index in [9.17, 15) is 9.59 Å². The zero-order valence-corrected chi connectivity index (χ0v) is 16.2. The molecular weight excluding hydrogens is 338 g/mol. The van der Waals surface area contributed by atoms with E-state index < -0.39 is 0 Å². The molecule has 27 heavy (non-hydrogen) atoms. The van der Waals surface area contributed by atoms with Gasteiger partial charge in [-0.25, -0.2) is 4.79 Å². The second kappa shape index (κ2) is 8.89. The predicted octanol–water partition coefficient (Wildman–Crippen LogP) is 3.68. The van der Waals surface area contributed by atoms with E-state index in [-0.39, 0.29) is 18.0 Å². The van der Waals surface area contributed by atoms with Crippen LogP contribution < -0.4 is 10.6 Å². The van der Waals surface area contributed by atoms with Crippen molar-refractivity contribution in [3.8, 4) is 0 Å². The van der Waals surface area contributed by atoms with Gasteiger partial charge in [0, 0.05) is 19.6 Å². The molecule has 2 N–H and O–H groups in total. The van der Waals surface area contributed by atoms with E-state index in [2.05, 4.69) is 42.7 Å². The van der Waals surface area contributed by atoms with Crippen LogP contribution in [0.25, 0.3) is 10.8 Å². The van der Waals surface area contributed by atoms with Crippen molar-refractivity contribution in [2.75, 3.05) is 13.1 Å². The Morgan fingerprint density at radius 3 is 2.70 bits per heavy atom. The van der Waals surface area contributed by atoms with Crippen molar-refractivity contribution in [2.45, 2.75) is 45.7 Å². The summed E-state index contributed by atoms with van der Waals surface area (Å²) in [6.07, 6.45) is 2.55. The molecule has 1 fully saturated rings. The van der Waals surface area contributed by atoms with Gasteiger partial charge in [-0.05, 0) is 41.5 Å². The minimum absolute atomic E-state index is 0.0338. The maximum absolute atomic E-state index is 12.7. The molecule has 1 saturated heterocycles. The molecule has 2 aromatic carbocycles. The van der Waals surface area contributed by atoms with Crippen LogP contribution in [0.3, 0.4) is 0 Å². The highest BCUT2D eigenvalue weighted by Gasteiger charge is 2.33. The highest BCUT2D eigenvalue weighted by molar-refractivity contribution is 5.88. The fraction of sp³-hybridized carbons (Fsp3) is 0.455. The van der Waals surface area contributed by atoms with Crippen LogP contribution in [0, 0.1) is 5.92 Å². The van der Waals surface area contributed by atoms with Crippen LogP contribution in [0.15, 0.2) is 42.5 Å². The van der Waals surface area contributed by atoms with Crippen molar-refractivity contribution in [1.82, 2.24) is 15.5 Å². The Morgan fingerprint density at radius 2 is 1.89 bits per heavy atom. The fourth-order valence-corrected chi connectivity index (χ4v) is 3.60. The third-order valence-electron chi connectivity index (χ3n) is 5.15. The van der Waals surface area contributed by atoms with Crippen LogP contribution in [0.5, 0.6) is 0 Å². The van der Waals surface area contributed by atoms with Gasteiger partial charge in [0.2, 0.25) is 5.91 Å². The van der Waals surface area contributed by atoms with Crippen molar-refractivity contribution in [2.24, 2.45) is 5.92 Å². The molecule has 0 radical (unpaired) electrons. The summed E-state index contributed by atoms with van der Waals surface area (Å²) in [5, 5.41) is 8.28. The Morgan fingerprint density at radius 1 is 1.11 bits per heavy atom. The van der Waals surface area contributed by atoms with Crippen molar-refractivity contribution < 1.29 is 9.59 Å². The van der Waals surface area contributed by atoms with Crippen LogP contribution in [0.4, 0.5) is 4.79 Å². The van der Waals surface area contributed by atoms with Crippen LogP contribution in [-0.4, -0.2) is 36.0 Å². The summed E-state index contributed by atoms with van der Waals surface area (Å²) < 4.78 is 0. The van der Waals surface area contributed by atoms with Gasteiger partial charge in [0.25, 0.3) is 0 Å². The van der Waals surface area contributed by atoms with Gasteiger partial charge in [-0.15, -0.1) is 0 Å². The van der Waals surface area contributed by atoms with Gasteiger partial charge in [0.05, 0.1) is 0 Å². The van der Waals surface area contributed by atoms with Gasteiger partial charge in [-0.2, -0.15) is 0 Å². The summed E-state index contributed by atoms with van der Waals surface area (Å²) in [4.78, 5) is 26.8. The van der Waals surface area contributed by atoms with E-state index in [0.29, 0.717) is 25.6 Å². The van der Waals surface area contributed by atoms with E-state index in [4.69, 9.17) is 0 Å². The molecule has 1 heterocycles. The zero-order chi connectivity index (χ0) is 19.2. The average molecular weight is 367 g/mol. The number of fused-ring (bicyclic) bond motifs is 1. The van der Waals surface area contributed by atoms with E-state index >= 15 is 0 Å². The highest BCUT2D eigenvalue weighted by Crippen LogP contribution is 2.20. The second-order valence-electron chi connectivity index (χ2n) is 7.62. The Bertz CT molecular complexity index is 798. The number of amides is 3. The van der Waals surface area contributed by atoms with E-state index in [1.165, 1.54) is 0 Å². The molecule has 0 bridgehead atoms. The number of nitrogens with zero attached hydrogens (tertiary/aromatic N) is 1. The summed E-state index contributed by atoms with van der Waals surface area (Å²) in [7, 11) is 0. The lowest BCUT2D eigenvalue weighted by molar-refractivity contribution is -0.124. The van der Waals surface area contributed by atoms with Crippen molar-refractivity contribution in [1.29, 1.82) is 0 Å². The SMILES string of the molecule is CC(C)CCNC(=O)[C@@H]1CCCN1C(=O)NCc1cccc2ccccc12. The largest absolute Gasteiger partial charge is 0.354 e. The molecule has 1 aliphatic heterocycles. The number of carbonyl (C=O) groups excluding carboxylic acids is 2. The number of benzene rings is 2. The molecule has 3 rings (SSSR count). The number of carbonyl (C=O) groups is 2. The molecule has 5 nitrogen and oxygen atoms in total. The first kappa shape index (κ1) is 19.2. The van der Waals surface area contributed by atoms with Gasteiger partial charge < -0.3 is 15.5 Å². The lowest BCUT2D eigenvalue weighted by Crippen LogP contribution is -2.49. The van der Waals surface area contributed by atoms with Crippen LogP contribution in [-0.2, 0) is 11.3 Å². The Hall–Kier alpha value is -2.56. The number of urea groups is 1. The minimum Gasteiger partial charge on any atom is -0.354 e. The number of hydrogen-bond acceptors (Lipinski definition) is 2. The number of rotatable bonds is 6. The third kappa shape index (κ3) is 4.79. The molecule has 5 heteroatoms. The number of likely N-dealkylation sites (tertiary alicyclic amines) is 1. The van der Waals surface area contributed by atoms with Gasteiger partial charge in [-0.3, -0.25) is 4.79 Å². The third-order valence-corrected chi connectivity index (χ3v) is 5.15. The quantitative estimate of drug-likeness (QED) is 0.818. The molecule has 1 atom stereocenters.